The van der Waals surface area contributed by atoms with Crippen LogP contribution in [0.2, 0.25) is 5.02 Å². The third-order valence-electron chi connectivity index (χ3n) is 10.2. The predicted octanol–water partition coefficient (Wildman–Crippen LogP) is 5.57. The molecule has 1 fully saturated rings. The Morgan fingerprint density at radius 2 is 2.05 bits per heavy atom. The van der Waals surface area contributed by atoms with Crippen LogP contribution in [-0.4, -0.2) is 58.2 Å². The number of hydrogen-bond donors (Lipinski definition) is 2. The van der Waals surface area contributed by atoms with Crippen LogP contribution in [0.3, 0.4) is 0 Å². The quantitative estimate of drug-likeness (QED) is 0.367. The van der Waals surface area contributed by atoms with E-state index >= 15 is 0 Å². The molecule has 1 spiro atoms. The molecule has 1 saturated carbocycles. The molecule has 1 aliphatic heterocycles. The van der Waals surface area contributed by atoms with Crippen molar-refractivity contribution < 1.29 is 27.8 Å². The summed E-state index contributed by atoms with van der Waals surface area (Å²) in [5.74, 6) is 0.525. The summed E-state index contributed by atoms with van der Waals surface area (Å²) in [7, 11) is -1.72. The molecule has 3 N–H and O–H groups in total. The van der Waals surface area contributed by atoms with Gasteiger partial charge in [0.15, 0.2) is 0 Å². The number of nitrogens with two attached hydrogens (primary N) is 1. The van der Waals surface area contributed by atoms with E-state index in [0.717, 1.165) is 74.5 Å². The second-order valence-corrected chi connectivity index (χ2v) is 15.1. The van der Waals surface area contributed by atoms with E-state index in [1.807, 2.05) is 6.07 Å². The first-order valence-corrected chi connectivity index (χ1v) is 17.4. The number of aryl methyl sites for hydroxylation is 1. The van der Waals surface area contributed by atoms with Gasteiger partial charge in [0.2, 0.25) is 10.0 Å². The van der Waals surface area contributed by atoms with Crippen LogP contribution in [0, 0.1) is 17.8 Å². The van der Waals surface area contributed by atoms with E-state index < -0.39 is 16.0 Å². The molecule has 4 aliphatic rings. The number of aromatic carboxylic acids is 1. The summed E-state index contributed by atoms with van der Waals surface area (Å²) in [5, 5.41) is 15.9. The fraction of sp³-hybridized carbons (Fsp3) is 0.545. The fourth-order valence-corrected chi connectivity index (χ4v) is 9.15. The van der Waals surface area contributed by atoms with E-state index in [0.29, 0.717) is 24.9 Å². The van der Waals surface area contributed by atoms with Crippen LogP contribution in [0.5, 0.6) is 5.75 Å². The summed E-state index contributed by atoms with van der Waals surface area (Å²) in [5.41, 5.74) is 4.65. The second kappa shape index (κ2) is 12.1. The van der Waals surface area contributed by atoms with Gasteiger partial charge in [-0.05, 0) is 116 Å². The van der Waals surface area contributed by atoms with Gasteiger partial charge in [0, 0.05) is 30.6 Å². The molecule has 1 heterocycles. The van der Waals surface area contributed by atoms with Gasteiger partial charge in [-0.15, -0.1) is 0 Å². The lowest BCUT2D eigenvalue weighted by Crippen LogP contribution is -2.50. The second-order valence-electron chi connectivity index (χ2n) is 13.0. The average Bonchev–Trinajstić information content (AvgIpc) is 3.10. The number of rotatable bonds is 8. The van der Waals surface area contributed by atoms with Crippen molar-refractivity contribution in [3.63, 3.8) is 0 Å². The van der Waals surface area contributed by atoms with Gasteiger partial charge in [-0.2, -0.15) is 0 Å². The lowest BCUT2D eigenvalue weighted by Gasteiger charge is -2.47. The first kappa shape index (κ1) is 30.4. The van der Waals surface area contributed by atoms with Gasteiger partial charge < -0.3 is 19.5 Å². The molecule has 0 aromatic heterocycles. The molecule has 5 atom stereocenters. The molecule has 6 rings (SSSR count). The summed E-state index contributed by atoms with van der Waals surface area (Å²) in [4.78, 5) is 14.4. The molecule has 10 heteroatoms. The van der Waals surface area contributed by atoms with Crippen molar-refractivity contribution in [2.75, 3.05) is 37.5 Å². The number of halogens is 1. The van der Waals surface area contributed by atoms with E-state index in [2.05, 4.69) is 23.1 Å². The topological polar surface area (TPSA) is 119 Å². The maximum atomic E-state index is 12.0. The molecule has 43 heavy (non-hydrogen) atoms. The van der Waals surface area contributed by atoms with Crippen LogP contribution >= 0.6 is 11.6 Å². The van der Waals surface area contributed by atoms with Crippen molar-refractivity contribution in [1.82, 2.24) is 0 Å². The third-order valence-corrected chi connectivity index (χ3v) is 11.4. The molecule has 0 saturated heterocycles. The van der Waals surface area contributed by atoms with Gasteiger partial charge in [0.25, 0.3) is 0 Å². The molecule has 0 amide bonds. The van der Waals surface area contributed by atoms with Crippen LogP contribution in [-0.2, 0) is 26.6 Å². The molecule has 1 unspecified atom stereocenters. The highest BCUT2D eigenvalue weighted by Gasteiger charge is 2.45. The Morgan fingerprint density at radius 3 is 2.72 bits per heavy atom. The molecule has 2 aromatic rings. The van der Waals surface area contributed by atoms with Gasteiger partial charge in [-0.25, -0.2) is 18.4 Å². The van der Waals surface area contributed by atoms with Gasteiger partial charge in [0.1, 0.15) is 5.75 Å². The highest BCUT2D eigenvalue weighted by molar-refractivity contribution is 7.89. The smallest absolute Gasteiger partial charge is 0.335 e. The summed E-state index contributed by atoms with van der Waals surface area (Å²) >= 11 is 6.39. The third kappa shape index (κ3) is 6.32. The monoisotopic (exact) mass is 628 g/mol. The van der Waals surface area contributed by atoms with Crippen molar-refractivity contribution in [1.29, 1.82) is 0 Å². The number of carboxylic acids is 1. The van der Waals surface area contributed by atoms with Crippen molar-refractivity contribution in [3.05, 3.63) is 69.8 Å². The van der Waals surface area contributed by atoms with Gasteiger partial charge in [-0.1, -0.05) is 23.7 Å². The lowest BCUT2D eigenvalue weighted by molar-refractivity contribution is 0.00323. The van der Waals surface area contributed by atoms with Crippen LogP contribution in [0.1, 0.15) is 66.4 Å². The minimum Gasteiger partial charge on any atom is -0.490 e. The summed E-state index contributed by atoms with van der Waals surface area (Å²) in [6, 6.07) is 11.4. The average molecular weight is 629 g/mol. The largest absolute Gasteiger partial charge is 0.490 e. The number of fused-ring (bicyclic) bond motifs is 3. The Labute approximate surface area is 259 Å². The number of carboxylic acid groups (broad SMARTS) is 1. The van der Waals surface area contributed by atoms with Crippen LogP contribution in [0.15, 0.2) is 48.0 Å². The van der Waals surface area contributed by atoms with E-state index in [-0.39, 0.29) is 28.8 Å². The summed E-state index contributed by atoms with van der Waals surface area (Å²) in [6.07, 6.45) is 9.59. The molecule has 0 radical (unpaired) electrons. The number of ether oxygens (including phenoxy) is 2. The molecule has 232 valence electrons. The van der Waals surface area contributed by atoms with E-state index in [1.54, 1.807) is 25.3 Å². The Balaban J connectivity index is 1.28. The van der Waals surface area contributed by atoms with Gasteiger partial charge in [-0.3, -0.25) is 0 Å². The first-order chi connectivity index (χ1) is 20.5. The van der Waals surface area contributed by atoms with E-state index in [9.17, 15) is 18.3 Å². The Kier molecular flexibility index (Phi) is 8.54. The summed E-state index contributed by atoms with van der Waals surface area (Å²) in [6.45, 7) is 2.03. The number of benzene rings is 2. The maximum Gasteiger partial charge on any atom is 0.335 e. The van der Waals surface area contributed by atoms with Crippen LogP contribution in [0.4, 0.5) is 5.69 Å². The Morgan fingerprint density at radius 1 is 1.21 bits per heavy atom. The number of methoxy groups -OCH3 is 1. The normalized spacial score (nSPS) is 27.7. The zero-order chi connectivity index (χ0) is 30.4. The Hall–Kier alpha value is -2.59. The van der Waals surface area contributed by atoms with Crippen molar-refractivity contribution in [2.45, 2.75) is 62.9 Å². The number of primary sulfonamides is 1. The van der Waals surface area contributed by atoms with E-state index in [1.165, 1.54) is 16.7 Å². The number of carbonyl (C=O) groups is 1. The number of allylic oxidation sites excluding steroid dienone is 1. The standard InChI is InChI=1S/C33H41ClN2O6S/c1-41-31(22-6-4-21(5-7-22)18-43(35,39)40)27-11-8-25(27)17-36-19-33(14-2-3-23-15-26(34)10-12-28(23)33)20-42-30-13-9-24(32(37)38)16-29(30)36/h6,9-10,12-13,15-16,21,25,27,31H,2-5,7-8,11,14,17-20H2,1H3,(H,37,38)(H2,35,39,40)/t21-,25+,27-,31+,33?/m1/s1. The van der Waals surface area contributed by atoms with Crippen LogP contribution < -0.4 is 14.8 Å². The highest BCUT2D eigenvalue weighted by atomic mass is 35.5. The minimum absolute atomic E-state index is 0.0197. The molecule has 2 aromatic carbocycles. The van der Waals surface area contributed by atoms with Crippen molar-refractivity contribution in [3.8, 4) is 5.75 Å². The van der Waals surface area contributed by atoms with Crippen LogP contribution in [0.25, 0.3) is 0 Å². The summed E-state index contributed by atoms with van der Waals surface area (Å²) < 4.78 is 35.9. The molecular formula is C33H41ClN2O6S. The predicted molar refractivity (Wildman–Crippen MR) is 168 cm³/mol. The zero-order valence-corrected chi connectivity index (χ0v) is 26.2. The minimum atomic E-state index is -3.49. The Bertz CT molecular complexity index is 1530. The number of anilines is 1. The number of hydrogen-bond acceptors (Lipinski definition) is 6. The molecule has 0 bridgehead atoms. The molecule has 3 aliphatic carbocycles. The van der Waals surface area contributed by atoms with Crippen molar-refractivity contribution >= 4 is 33.3 Å². The van der Waals surface area contributed by atoms with Gasteiger partial charge >= 0.3 is 5.97 Å². The molecule has 8 nitrogen and oxygen atoms in total. The first-order valence-electron chi connectivity index (χ1n) is 15.3. The van der Waals surface area contributed by atoms with E-state index in [4.69, 9.17) is 26.2 Å². The van der Waals surface area contributed by atoms with Crippen molar-refractivity contribution in [2.24, 2.45) is 22.9 Å². The fourth-order valence-electron chi connectivity index (χ4n) is 8.00. The molecular weight excluding hydrogens is 588 g/mol. The highest BCUT2D eigenvalue weighted by Crippen LogP contribution is 2.48. The maximum absolute atomic E-state index is 12.0. The number of sulfonamides is 1. The van der Waals surface area contributed by atoms with Gasteiger partial charge in [0.05, 0.1) is 29.7 Å². The lowest BCUT2D eigenvalue weighted by atomic mass is 9.66. The zero-order valence-electron chi connectivity index (χ0n) is 24.6. The number of nitrogens with zero attached hydrogens (tertiary/aromatic N) is 1. The SMILES string of the molecule is CO[C@@H](C1=CC[C@@H](CS(N)(=O)=O)CC1)[C@@H]1CC[C@H]1CN1CC2(CCCc3cc(Cl)ccc32)COc2ccc(C(=O)O)cc21.